The van der Waals surface area contributed by atoms with Crippen molar-refractivity contribution in [2.24, 2.45) is 17.8 Å². The molecule has 4 rings (SSSR count). The number of benzene rings is 2. The second-order valence-corrected chi connectivity index (χ2v) is 8.94. The highest BCUT2D eigenvalue weighted by atomic mass is 16.6. The number of hydrogen-bond acceptors (Lipinski definition) is 7. The van der Waals surface area contributed by atoms with Crippen molar-refractivity contribution in [1.82, 2.24) is 10.0 Å². The second-order valence-electron chi connectivity index (χ2n) is 8.94. The number of ether oxygens (including phenoxy) is 1. The van der Waals surface area contributed by atoms with Gasteiger partial charge in [0.1, 0.15) is 12.3 Å². The number of rotatable bonds is 7. The van der Waals surface area contributed by atoms with Crippen LogP contribution in [0.15, 0.2) is 48.5 Å². The Balaban J connectivity index is 1.67. The van der Waals surface area contributed by atoms with Gasteiger partial charge in [0.25, 0.3) is 23.4 Å². The molecule has 0 spiro atoms. The number of non-ortho nitro benzene ring substituents is 1. The van der Waals surface area contributed by atoms with E-state index in [1.807, 2.05) is 6.92 Å². The lowest BCUT2D eigenvalue weighted by molar-refractivity contribution is -0.384. The van der Waals surface area contributed by atoms with Gasteiger partial charge in [0, 0.05) is 23.3 Å². The maximum Gasteiger partial charge on any atom is 0.273 e. The summed E-state index contributed by atoms with van der Waals surface area (Å²) in [6.07, 6.45) is 1.88. The van der Waals surface area contributed by atoms with Gasteiger partial charge in [-0.05, 0) is 61.6 Å². The van der Waals surface area contributed by atoms with Crippen molar-refractivity contribution in [3.8, 4) is 5.75 Å². The Labute approximate surface area is 201 Å². The Bertz CT molecular complexity index is 1180. The van der Waals surface area contributed by atoms with Crippen molar-refractivity contribution >= 4 is 29.2 Å². The molecule has 1 saturated heterocycles. The molecule has 0 radical (unpaired) electrons. The van der Waals surface area contributed by atoms with Crippen molar-refractivity contribution in [2.45, 2.75) is 26.2 Å². The number of ketones is 1. The quantitative estimate of drug-likeness (QED) is 0.258. The van der Waals surface area contributed by atoms with Crippen LogP contribution in [0.2, 0.25) is 0 Å². The van der Waals surface area contributed by atoms with Crippen LogP contribution < -0.4 is 4.74 Å². The monoisotopic (exact) mass is 479 g/mol. The molecule has 2 fully saturated rings. The van der Waals surface area contributed by atoms with Crippen molar-refractivity contribution in [3.05, 3.63) is 69.8 Å². The number of amides is 3. The van der Waals surface area contributed by atoms with E-state index in [-0.39, 0.29) is 22.7 Å². The Morgan fingerprint density at radius 1 is 1.00 bits per heavy atom. The standard InChI is InChI=1S/C25H25N3O7/c1-15-3-12-20-21(13-15)25(32)27(24(20)31)26(14-22(29)16-6-10-19(35-2)11-7-16)23(30)17-4-8-18(9-5-17)28(33)34/h4-11,15,20-21H,3,12-14H2,1-2H3/t15-,20+,21+/m0/s1. The number of Topliss-reactive ketones (excluding diaryl/α,β-unsaturated/α-hetero) is 1. The summed E-state index contributed by atoms with van der Waals surface area (Å²) in [6, 6.07) is 11.1. The number of carbonyl (C=O) groups excluding carboxylic acids is 4. The molecule has 3 atom stereocenters. The maximum absolute atomic E-state index is 13.5. The SMILES string of the molecule is COc1ccc(C(=O)CN(C(=O)c2ccc([N+](=O)[O-])cc2)N2C(=O)[C@@H]3CC[C@H](C)C[C@H]3C2=O)cc1. The summed E-state index contributed by atoms with van der Waals surface area (Å²) in [5.74, 6) is -2.48. The third-order valence-corrected chi connectivity index (χ3v) is 6.67. The molecule has 1 heterocycles. The number of nitro benzene ring substituents is 1. The first kappa shape index (κ1) is 24.1. The number of fused-ring (bicyclic) bond motifs is 1. The fraction of sp³-hybridized carbons (Fsp3) is 0.360. The van der Waals surface area contributed by atoms with Gasteiger partial charge in [-0.1, -0.05) is 6.92 Å². The number of hydrazine groups is 1. The van der Waals surface area contributed by atoms with E-state index in [4.69, 9.17) is 4.74 Å². The van der Waals surface area contributed by atoms with Gasteiger partial charge >= 0.3 is 0 Å². The molecule has 10 nitrogen and oxygen atoms in total. The third kappa shape index (κ3) is 4.64. The minimum Gasteiger partial charge on any atom is -0.497 e. The highest BCUT2D eigenvalue weighted by Gasteiger charge is 2.52. The summed E-state index contributed by atoms with van der Waals surface area (Å²) in [7, 11) is 1.49. The number of imide groups is 1. The summed E-state index contributed by atoms with van der Waals surface area (Å²) in [5, 5.41) is 12.7. The molecule has 2 aromatic carbocycles. The van der Waals surface area contributed by atoms with Gasteiger partial charge in [0.2, 0.25) is 0 Å². The first-order valence-corrected chi connectivity index (χ1v) is 11.3. The van der Waals surface area contributed by atoms with E-state index in [1.54, 1.807) is 12.1 Å². The molecule has 0 unspecified atom stereocenters. The molecule has 182 valence electrons. The van der Waals surface area contributed by atoms with Crippen molar-refractivity contribution < 1.29 is 28.8 Å². The third-order valence-electron chi connectivity index (χ3n) is 6.67. The van der Waals surface area contributed by atoms with Gasteiger partial charge in [0.15, 0.2) is 5.78 Å². The molecule has 1 saturated carbocycles. The van der Waals surface area contributed by atoms with E-state index in [2.05, 4.69) is 0 Å². The van der Waals surface area contributed by atoms with E-state index < -0.39 is 46.8 Å². The van der Waals surface area contributed by atoms with Crippen LogP contribution in [0.1, 0.15) is 46.9 Å². The van der Waals surface area contributed by atoms with E-state index in [0.717, 1.165) is 28.6 Å². The number of nitro groups is 1. The van der Waals surface area contributed by atoms with E-state index in [1.165, 1.54) is 31.4 Å². The van der Waals surface area contributed by atoms with E-state index >= 15 is 0 Å². The van der Waals surface area contributed by atoms with Gasteiger partial charge in [-0.25, -0.2) is 5.01 Å². The van der Waals surface area contributed by atoms with E-state index in [9.17, 15) is 29.3 Å². The fourth-order valence-electron chi connectivity index (χ4n) is 4.72. The van der Waals surface area contributed by atoms with Crippen LogP contribution >= 0.6 is 0 Å². The van der Waals surface area contributed by atoms with Gasteiger partial charge < -0.3 is 4.74 Å². The molecule has 1 aliphatic heterocycles. The molecular formula is C25H25N3O7. The zero-order chi connectivity index (χ0) is 25.3. The predicted octanol–water partition coefficient (Wildman–Crippen LogP) is 3.26. The highest BCUT2D eigenvalue weighted by molar-refractivity contribution is 6.09. The highest BCUT2D eigenvalue weighted by Crippen LogP contribution is 2.41. The van der Waals surface area contributed by atoms with Crippen LogP contribution in [0.4, 0.5) is 5.69 Å². The van der Waals surface area contributed by atoms with E-state index in [0.29, 0.717) is 18.6 Å². The minimum atomic E-state index is -0.768. The number of nitrogens with zero attached hydrogens (tertiary/aromatic N) is 3. The normalized spacial score (nSPS) is 21.4. The largest absolute Gasteiger partial charge is 0.497 e. The molecule has 1 aliphatic carbocycles. The summed E-state index contributed by atoms with van der Waals surface area (Å²) in [4.78, 5) is 63.6. The summed E-state index contributed by atoms with van der Waals surface area (Å²) in [5.41, 5.74) is 0.0788. The first-order valence-electron chi connectivity index (χ1n) is 11.3. The Hall–Kier alpha value is -4.08. The van der Waals surface area contributed by atoms with Gasteiger partial charge in [-0.3, -0.25) is 29.3 Å². The lowest BCUT2D eigenvalue weighted by Crippen LogP contribution is -2.52. The average molecular weight is 479 g/mol. The molecule has 2 aromatic rings. The number of methoxy groups -OCH3 is 1. The molecule has 0 aromatic heterocycles. The fourth-order valence-corrected chi connectivity index (χ4v) is 4.72. The minimum absolute atomic E-state index is 0.0157. The van der Waals surface area contributed by atoms with Gasteiger partial charge in [0.05, 0.1) is 23.9 Å². The summed E-state index contributed by atoms with van der Waals surface area (Å²) < 4.78 is 5.10. The average Bonchev–Trinajstić information content (AvgIpc) is 3.11. The van der Waals surface area contributed by atoms with Crippen LogP contribution in [0.5, 0.6) is 5.75 Å². The van der Waals surface area contributed by atoms with Crippen molar-refractivity contribution in [1.29, 1.82) is 0 Å². The topological polar surface area (TPSA) is 127 Å². The second kappa shape index (κ2) is 9.65. The molecule has 3 amide bonds. The van der Waals surface area contributed by atoms with Gasteiger partial charge in [-0.2, -0.15) is 5.01 Å². The number of hydrogen-bond donors (Lipinski definition) is 0. The lowest BCUT2D eigenvalue weighted by atomic mass is 9.76. The molecule has 0 bridgehead atoms. The maximum atomic E-state index is 13.5. The van der Waals surface area contributed by atoms with Crippen molar-refractivity contribution in [3.63, 3.8) is 0 Å². The van der Waals surface area contributed by atoms with Crippen LogP contribution in [0.25, 0.3) is 0 Å². The molecule has 35 heavy (non-hydrogen) atoms. The predicted molar refractivity (Wildman–Crippen MR) is 123 cm³/mol. The smallest absolute Gasteiger partial charge is 0.273 e. The van der Waals surface area contributed by atoms with Crippen LogP contribution in [-0.2, 0) is 9.59 Å². The Kier molecular flexibility index (Phi) is 6.63. The molecule has 10 heteroatoms. The Morgan fingerprint density at radius 3 is 2.20 bits per heavy atom. The lowest BCUT2D eigenvalue weighted by Gasteiger charge is -2.30. The zero-order valence-electron chi connectivity index (χ0n) is 19.4. The zero-order valence-corrected chi connectivity index (χ0v) is 19.4. The summed E-state index contributed by atoms with van der Waals surface area (Å²) in [6.45, 7) is 1.47. The Morgan fingerprint density at radius 2 is 1.60 bits per heavy atom. The van der Waals surface area contributed by atoms with Crippen LogP contribution in [-0.4, -0.2) is 52.1 Å². The summed E-state index contributed by atoms with van der Waals surface area (Å²) >= 11 is 0. The molecule has 0 N–H and O–H groups in total. The first-order chi connectivity index (χ1) is 16.7. The van der Waals surface area contributed by atoms with Crippen LogP contribution in [0.3, 0.4) is 0 Å². The van der Waals surface area contributed by atoms with Crippen LogP contribution in [0, 0.1) is 27.9 Å². The van der Waals surface area contributed by atoms with Crippen molar-refractivity contribution in [2.75, 3.05) is 13.7 Å². The molecular weight excluding hydrogens is 454 g/mol. The molecule has 2 aliphatic rings. The number of carbonyl (C=O) groups is 4. The van der Waals surface area contributed by atoms with Gasteiger partial charge in [-0.15, -0.1) is 0 Å².